The molecule has 4 nitrogen and oxygen atoms in total. The van der Waals surface area contributed by atoms with Gasteiger partial charge in [0.15, 0.2) is 0 Å². The molecule has 1 unspecified atom stereocenters. The van der Waals surface area contributed by atoms with Gasteiger partial charge in [-0.15, -0.1) is 5.10 Å². The van der Waals surface area contributed by atoms with E-state index in [-0.39, 0.29) is 6.61 Å². The first-order valence-corrected chi connectivity index (χ1v) is 5.86. The minimum absolute atomic E-state index is 0.0310. The second kappa shape index (κ2) is 3.30. The fourth-order valence-electron chi connectivity index (χ4n) is 2.31. The molecule has 2 fully saturated rings. The Morgan fingerprint density at radius 1 is 1.40 bits per heavy atom. The van der Waals surface area contributed by atoms with E-state index in [1.54, 1.807) is 0 Å². The number of hydrogen-bond acceptors (Lipinski definition) is 3. The number of aliphatic hydroxyl groups excluding tert-OH is 1. The SMILES string of the molecule is CC(C1CC1)n1nnc(CO)c1C1CC1. The molecular formula is C11H17N3O. The van der Waals surface area contributed by atoms with Crippen LogP contribution in [-0.2, 0) is 6.61 Å². The Morgan fingerprint density at radius 3 is 2.67 bits per heavy atom. The monoisotopic (exact) mass is 207 g/mol. The Hall–Kier alpha value is -0.900. The van der Waals surface area contributed by atoms with Gasteiger partial charge < -0.3 is 5.11 Å². The van der Waals surface area contributed by atoms with Crippen LogP contribution in [0.25, 0.3) is 0 Å². The number of aliphatic hydroxyl groups is 1. The minimum atomic E-state index is 0.0310. The molecule has 0 aliphatic heterocycles. The van der Waals surface area contributed by atoms with Crippen LogP contribution >= 0.6 is 0 Å². The van der Waals surface area contributed by atoms with Crippen molar-refractivity contribution in [3.63, 3.8) is 0 Å². The molecule has 0 aromatic carbocycles. The summed E-state index contributed by atoms with van der Waals surface area (Å²) in [5.74, 6) is 1.40. The molecule has 82 valence electrons. The number of aromatic nitrogens is 3. The Bertz CT molecular complexity index is 366. The summed E-state index contributed by atoms with van der Waals surface area (Å²) >= 11 is 0. The van der Waals surface area contributed by atoms with E-state index in [9.17, 15) is 5.11 Å². The van der Waals surface area contributed by atoms with Gasteiger partial charge in [-0.05, 0) is 38.5 Å². The molecule has 2 aliphatic carbocycles. The van der Waals surface area contributed by atoms with Crippen molar-refractivity contribution < 1.29 is 5.11 Å². The fourth-order valence-corrected chi connectivity index (χ4v) is 2.31. The second-order valence-electron chi connectivity index (χ2n) is 4.88. The third kappa shape index (κ3) is 1.57. The van der Waals surface area contributed by atoms with Crippen LogP contribution in [0.2, 0.25) is 0 Å². The van der Waals surface area contributed by atoms with Crippen LogP contribution in [0.4, 0.5) is 0 Å². The minimum Gasteiger partial charge on any atom is -0.390 e. The predicted octanol–water partition coefficient (Wildman–Crippen LogP) is 1.62. The van der Waals surface area contributed by atoms with Crippen molar-refractivity contribution in [2.24, 2.45) is 5.92 Å². The van der Waals surface area contributed by atoms with Gasteiger partial charge in [-0.25, -0.2) is 4.68 Å². The van der Waals surface area contributed by atoms with E-state index < -0.39 is 0 Å². The van der Waals surface area contributed by atoms with Crippen LogP contribution in [-0.4, -0.2) is 20.1 Å². The highest BCUT2D eigenvalue weighted by Crippen LogP contribution is 2.45. The third-order valence-electron chi connectivity index (χ3n) is 3.61. The van der Waals surface area contributed by atoms with E-state index in [1.165, 1.54) is 31.4 Å². The third-order valence-corrected chi connectivity index (χ3v) is 3.61. The van der Waals surface area contributed by atoms with Gasteiger partial charge in [-0.1, -0.05) is 5.21 Å². The maximum absolute atomic E-state index is 9.23. The van der Waals surface area contributed by atoms with Gasteiger partial charge >= 0.3 is 0 Å². The number of rotatable bonds is 4. The molecule has 4 heteroatoms. The number of nitrogens with zero attached hydrogens (tertiary/aromatic N) is 3. The van der Waals surface area contributed by atoms with Gasteiger partial charge in [-0.2, -0.15) is 0 Å². The van der Waals surface area contributed by atoms with Crippen molar-refractivity contribution in [2.45, 2.75) is 51.2 Å². The van der Waals surface area contributed by atoms with Gasteiger partial charge in [0.2, 0.25) is 0 Å². The van der Waals surface area contributed by atoms with Crippen molar-refractivity contribution in [2.75, 3.05) is 0 Å². The summed E-state index contributed by atoms with van der Waals surface area (Å²) in [6, 6.07) is 0.466. The molecule has 1 N–H and O–H groups in total. The lowest BCUT2D eigenvalue weighted by atomic mass is 10.1. The largest absolute Gasteiger partial charge is 0.390 e. The molecule has 15 heavy (non-hydrogen) atoms. The Balaban J connectivity index is 1.94. The standard InChI is InChI=1S/C11H17N3O/c1-7(8-2-3-8)14-11(9-4-5-9)10(6-15)12-13-14/h7-9,15H,2-6H2,1H3. The van der Waals surface area contributed by atoms with E-state index in [2.05, 4.69) is 21.9 Å². The maximum Gasteiger partial charge on any atom is 0.112 e. The van der Waals surface area contributed by atoms with Crippen LogP contribution in [0.15, 0.2) is 0 Å². The van der Waals surface area contributed by atoms with Crippen molar-refractivity contribution >= 4 is 0 Å². The Morgan fingerprint density at radius 2 is 2.13 bits per heavy atom. The van der Waals surface area contributed by atoms with E-state index in [4.69, 9.17) is 0 Å². The molecule has 0 radical (unpaired) electrons. The average molecular weight is 207 g/mol. The topological polar surface area (TPSA) is 50.9 Å². The quantitative estimate of drug-likeness (QED) is 0.816. The summed E-state index contributed by atoms with van der Waals surface area (Å²) in [4.78, 5) is 0. The molecule has 2 saturated carbocycles. The van der Waals surface area contributed by atoms with Gasteiger partial charge in [0.05, 0.1) is 18.3 Å². The molecule has 2 aliphatic rings. The van der Waals surface area contributed by atoms with E-state index in [1.807, 2.05) is 0 Å². The molecule has 1 heterocycles. The zero-order valence-corrected chi connectivity index (χ0v) is 9.06. The summed E-state index contributed by atoms with van der Waals surface area (Å²) in [6.45, 7) is 2.25. The average Bonchev–Trinajstić information content (AvgIpc) is 3.12. The lowest BCUT2D eigenvalue weighted by molar-refractivity contribution is 0.275. The van der Waals surface area contributed by atoms with Crippen molar-refractivity contribution in [3.05, 3.63) is 11.4 Å². The molecule has 1 aromatic rings. The summed E-state index contributed by atoms with van der Waals surface area (Å²) in [5, 5.41) is 17.5. The molecule has 0 saturated heterocycles. The molecule has 3 rings (SSSR count). The van der Waals surface area contributed by atoms with Crippen LogP contribution < -0.4 is 0 Å². The molecule has 0 amide bonds. The Labute approximate surface area is 89.3 Å². The molecule has 0 bridgehead atoms. The first kappa shape index (κ1) is 9.33. The van der Waals surface area contributed by atoms with Crippen molar-refractivity contribution in [1.82, 2.24) is 15.0 Å². The first-order valence-electron chi connectivity index (χ1n) is 5.86. The Kier molecular flexibility index (Phi) is 2.06. The highest BCUT2D eigenvalue weighted by molar-refractivity contribution is 5.20. The summed E-state index contributed by atoms with van der Waals surface area (Å²) in [7, 11) is 0. The van der Waals surface area contributed by atoms with Gasteiger partial charge in [0.1, 0.15) is 5.69 Å². The molecular weight excluding hydrogens is 190 g/mol. The van der Waals surface area contributed by atoms with Gasteiger partial charge in [0, 0.05) is 5.92 Å². The lowest BCUT2D eigenvalue weighted by Crippen LogP contribution is -2.12. The summed E-state index contributed by atoms with van der Waals surface area (Å²) in [6.07, 6.45) is 5.11. The van der Waals surface area contributed by atoms with E-state index >= 15 is 0 Å². The van der Waals surface area contributed by atoms with E-state index in [0.29, 0.717) is 12.0 Å². The van der Waals surface area contributed by atoms with Crippen molar-refractivity contribution in [3.8, 4) is 0 Å². The zero-order valence-electron chi connectivity index (χ0n) is 9.06. The van der Waals surface area contributed by atoms with Crippen LogP contribution in [0.5, 0.6) is 0 Å². The zero-order chi connectivity index (χ0) is 10.4. The normalized spacial score (nSPS) is 23.1. The molecule has 1 atom stereocenters. The van der Waals surface area contributed by atoms with Gasteiger partial charge in [-0.3, -0.25) is 0 Å². The lowest BCUT2D eigenvalue weighted by Gasteiger charge is -2.13. The predicted molar refractivity (Wildman–Crippen MR) is 55.4 cm³/mol. The van der Waals surface area contributed by atoms with Crippen LogP contribution in [0, 0.1) is 5.92 Å². The van der Waals surface area contributed by atoms with Crippen LogP contribution in [0.1, 0.15) is 56.0 Å². The maximum atomic E-state index is 9.23. The second-order valence-corrected chi connectivity index (χ2v) is 4.88. The number of hydrogen-bond donors (Lipinski definition) is 1. The summed E-state index contributed by atoms with van der Waals surface area (Å²) < 4.78 is 2.07. The highest BCUT2D eigenvalue weighted by atomic mass is 16.3. The van der Waals surface area contributed by atoms with Crippen LogP contribution in [0.3, 0.4) is 0 Å². The molecule has 0 spiro atoms. The van der Waals surface area contributed by atoms with Gasteiger partial charge in [0.25, 0.3) is 0 Å². The van der Waals surface area contributed by atoms with Crippen molar-refractivity contribution in [1.29, 1.82) is 0 Å². The smallest absolute Gasteiger partial charge is 0.112 e. The fraction of sp³-hybridized carbons (Fsp3) is 0.818. The van der Waals surface area contributed by atoms with E-state index in [0.717, 1.165) is 11.6 Å². The highest BCUT2D eigenvalue weighted by Gasteiger charge is 2.36. The first-order chi connectivity index (χ1) is 7.31. The molecule has 1 aromatic heterocycles. The summed E-state index contributed by atoms with van der Waals surface area (Å²) in [5.41, 5.74) is 2.00.